The molecule has 0 spiro atoms. The number of halogens is 3. The van der Waals surface area contributed by atoms with E-state index < -0.39 is 36.0 Å². The molecule has 0 bridgehead atoms. The van der Waals surface area contributed by atoms with Crippen LogP contribution in [0.1, 0.15) is 23.2 Å². The summed E-state index contributed by atoms with van der Waals surface area (Å²) in [5.74, 6) is -3.45. The highest BCUT2D eigenvalue weighted by molar-refractivity contribution is 5.97. The minimum Gasteiger partial charge on any atom is -0.481 e. The van der Waals surface area contributed by atoms with Gasteiger partial charge < -0.3 is 14.7 Å². The molecule has 3 rings (SSSR count). The number of carbonyl (C=O) groups excluding carboxylic acids is 1. The molecule has 0 aromatic heterocycles. The minimum atomic E-state index is -3.19. The molecule has 2 aliphatic rings. The number of benzene rings is 1. The number of ether oxygens (including phenoxy) is 1. The Morgan fingerprint density at radius 3 is 2.54 bits per heavy atom. The lowest BCUT2D eigenvalue weighted by atomic mass is 9.92. The Balaban J connectivity index is 1.83. The first-order chi connectivity index (χ1) is 11.4. The Morgan fingerprint density at radius 1 is 1.25 bits per heavy atom. The van der Waals surface area contributed by atoms with Crippen LogP contribution in [0, 0.1) is 23.6 Å². The fourth-order valence-corrected chi connectivity index (χ4v) is 3.29. The van der Waals surface area contributed by atoms with Gasteiger partial charge in [0, 0.05) is 19.2 Å². The van der Waals surface area contributed by atoms with Crippen molar-refractivity contribution in [2.75, 3.05) is 13.1 Å². The van der Waals surface area contributed by atoms with Crippen molar-refractivity contribution in [3.8, 4) is 5.75 Å². The molecule has 1 N–H and O–H groups in total. The smallest absolute Gasteiger partial charge is 0.387 e. The number of carboxylic acids is 1. The van der Waals surface area contributed by atoms with E-state index in [1.807, 2.05) is 0 Å². The SMILES string of the molecule is O=C(O)[C@H]1CN(C(=O)c2ccc(F)cc2OC(F)F)C[C@@H]1C1CC1. The minimum absolute atomic E-state index is 0.0147. The van der Waals surface area contributed by atoms with Crippen molar-refractivity contribution in [1.82, 2.24) is 4.90 Å². The van der Waals surface area contributed by atoms with Gasteiger partial charge in [-0.25, -0.2) is 4.39 Å². The topological polar surface area (TPSA) is 66.8 Å². The lowest BCUT2D eigenvalue weighted by Gasteiger charge is -2.18. The third-order valence-electron chi connectivity index (χ3n) is 4.59. The Hall–Kier alpha value is -2.25. The van der Waals surface area contributed by atoms with Crippen LogP contribution >= 0.6 is 0 Å². The monoisotopic (exact) mass is 343 g/mol. The molecular weight excluding hydrogens is 327 g/mol. The molecule has 2 atom stereocenters. The molecule has 0 radical (unpaired) electrons. The van der Waals surface area contributed by atoms with E-state index in [-0.39, 0.29) is 30.5 Å². The summed E-state index contributed by atoms with van der Waals surface area (Å²) in [5.41, 5.74) is -0.197. The fourth-order valence-electron chi connectivity index (χ4n) is 3.29. The molecule has 1 aliphatic heterocycles. The molecule has 1 aliphatic carbocycles. The molecule has 5 nitrogen and oxygen atoms in total. The number of carboxylic acid groups (broad SMARTS) is 1. The number of hydrogen-bond acceptors (Lipinski definition) is 3. The van der Waals surface area contributed by atoms with Crippen LogP contribution < -0.4 is 4.74 Å². The van der Waals surface area contributed by atoms with Gasteiger partial charge in [-0.15, -0.1) is 0 Å². The second kappa shape index (κ2) is 6.33. The number of hydrogen-bond donors (Lipinski definition) is 1. The fraction of sp³-hybridized carbons (Fsp3) is 0.500. The highest BCUT2D eigenvalue weighted by atomic mass is 19.3. The van der Waals surface area contributed by atoms with Crippen LogP contribution in [0.5, 0.6) is 5.75 Å². The van der Waals surface area contributed by atoms with Crippen LogP contribution in [-0.4, -0.2) is 41.6 Å². The van der Waals surface area contributed by atoms with Crippen LogP contribution in [0.2, 0.25) is 0 Å². The van der Waals surface area contributed by atoms with Crippen LogP contribution in [-0.2, 0) is 4.79 Å². The summed E-state index contributed by atoms with van der Waals surface area (Å²) < 4.78 is 42.4. The van der Waals surface area contributed by atoms with E-state index in [0.29, 0.717) is 0 Å². The third kappa shape index (κ3) is 3.32. The summed E-state index contributed by atoms with van der Waals surface area (Å²) in [5, 5.41) is 9.33. The zero-order chi connectivity index (χ0) is 17.4. The van der Waals surface area contributed by atoms with E-state index in [2.05, 4.69) is 4.74 Å². The van der Waals surface area contributed by atoms with Crippen molar-refractivity contribution >= 4 is 11.9 Å². The van der Waals surface area contributed by atoms with Crippen LogP contribution in [0.25, 0.3) is 0 Å². The zero-order valence-electron chi connectivity index (χ0n) is 12.6. The largest absolute Gasteiger partial charge is 0.481 e. The van der Waals surface area contributed by atoms with Gasteiger partial charge in [0.25, 0.3) is 5.91 Å². The van der Waals surface area contributed by atoms with Crippen molar-refractivity contribution in [3.05, 3.63) is 29.6 Å². The Labute approximate surface area is 136 Å². The lowest BCUT2D eigenvalue weighted by Crippen LogP contribution is -2.30. The van der Waals surface area contributed by atoms with Crippen molar-refractivity contribution in [2.45, 2.75) is 19.5 Å². The lowest BCUT2D eigenvalue weighted by molar-refractivity contribution is -0.142. The van der Waals surface area contributed by atoms with E-state index in [4.69, 9.17) is 0 Å². The number of likely N-dealkylation sites (tertiary alicyclic amines) is 1. The van der Waals surface area contributed by atoms with Crippen LogP contribution in [0.4, 0.5) is 13.2 Å². The van der Waals surface area contributed by atoms with Crippen LogP contribution in [0.3, 0.4) is 0 Å². The predicted molar refractivity (Wildman–Crippen MR) is 76.3 cm³/mol. The first-order valence-corrected chi connectivity index (χ1v) is 7.63. The molecule has 1 aromatic carbocycles. The van der Waals surface area contributed by atoms with Gasteiger partial charge in [0.05, 0.1) is 11.5 Å². The number of carbonyl (C=O) groups is 2. The number of aliphatic carboxylic acids is 1. The maximum atomic E-state index is 13.3. The van der Waals surface area contributed by atoms with Gasteiger partial charge in [0.15, 0.2) is 0 Å². The predicted octanol–water partition coefficient (Wildman–Crippen LogP) is 2.61. The average molecular weight is 343 g/mol. The third-order valence-corrected chi connectivity index (χ3v) is 4.59. The molecule has 0 unspecified atom stereocenters. The number of amides is 1. The zero-order valence-corrected chi connectivity index (χ0v) is 12.6. The quantitative estimate of drug-likeness (QED) is 0.892. The number of nitrogens with zero attached hydrogens (tertiary/aromatic N) is 1. The summed E-state index contributed by atoms with van der Waals surface area (Å²) in [6, 6.07) is 2.78. The molecule has 1 saturated heterocycles. The molecule has 24 heavy (non-hydrogen) atoms. The van der Waals surface area contributed by atoms with Crippen molar-refractivity contribution in [2.24, 2.45) is 17.8 Å². The van der Waals surface area contributed by atoms with E-state index >= 15 is 0 Å². The molecule has 1 saturated carbocycles. The first-order valence-electron chi connectivity index (χ1n) is 7.63. The molecule has 2 fully saturated rings. The van der Waals surface area contributed by atoms with Crippen molar-refractivity contribution in [3.63, 3.8) is 0 Å². The van der Waals surface area contributed by atoms with E-state index in [1.54, 1.807) is 0 Å². The van der Waals surface area contributed by atoms with Gasteiger partial charge in [-0.3, -0.25) is 9.59 Å². The average Bonchev–Trinajstić information content (AvgIpc) is 3.24. The first kappa shape index (κ1) is 16.6. The molecule has 1 amide bonds. The molecule has 1 aromatic rings. The second-order valence-corrected chi connectivity index (χ2v) is 6.18. The normalized spacial score (nSPS) is 23.6. The van der Waals surface area contributed by atoms with E-state index in [1.165, 1.54) is 4.90 Å². The number of rotatable bonds is 5. The van der Waals surface area contributed by atoms with Gasteiger partial charge >= 0.3 is 12.6 Å². The highest BCUT2D eigenvalue weighted by Gasteiger charge is 2.47. The molecular formula is C16H16F3NO4. The van der Waals surface area contributed by atoms with E-state index in [9.17, 15) is 27.9 Å². The van der Waals surface area contributed by atoms with Gasteiger partial charge in [0.2, 0.25) is 0 Å². The Bertz CT molecular complexity index is 663. The van der Waals surface area contributed by atoms with Gasteiger partial charge in [-0.1, -0.05) is 0 Å². The second-order valence-electron chi connectivity index (χ2n) is 6.18. The molecule has 130 valence electrons. The standard InChI is InChI=1S/C16H16F3NO4/c17-9-3-4-10(13(5-9)24-16(18)19)14(21)20-6-11(8-1-2-8)12(7-20)15(22)23/h3-5,8,11-12,16H,1-2,6-7H2,(H,22,23)/t11-,12+/m1/s1. The molecule has 1 heterocycles. The molecule has 8 heteroatoms. The summed E-state index contributed by atoms with van der Waals surface area (Å²) in [6.07, 6.45) is 1.87. The summed E-state index contributed by atoms with van der Waals surface area (Å²) in [7, 11) is 0. The summed E-state index contributed by atoms with van der Waals surface area (Å²) in [6.45, 7) is -2.92. The van der Waals surface area contributed by atoms with Crippen molar-refractivity contribution in [1.29, 1.82) is 0 Å². The highest BCUT2D eigenvalue weighted by Crippen LogP contribution is 2.44. The maximum absolute atomic E-state index is 13.3. The van der Waals surface area contributed by atoms with Gasteiger partial charge in [0.1, 0.15) is 11.6 Å². The van der Waals surface area contributed by atoms with Crippen molar-refractivity contribution < 1.29 is 32.6 Å². The Morgan fingerprint density at radius 2 is 1.96 bits per heavy atom. The number of alkyl halides is 2. The van der Waals surface area contributed by atoms with E-state index in [0.717, 1.165) is 31.0 Å². The summed E-state index contributed by atoms with van der Waals surface area (Å²) >= 11 is 0. The van der Waals surface area contributed by atoms with Gasteiger partial charge in [-0.05, 0) is 36.8 Å². The maximum Gasteiger partial charge on any atom is 0.387 e. The van der Waals surface area contributed by atoms with Crippen LogP contribution in [0.15, 0.2) is 18.2 Å². The Kier molecular flexibility index (Phi) is 4.38. The van der Waals surface area contributed by atoms with Gasteiger partial charge in [-0.2, -0.15) is 8.78 Å². The summed E-state index contributed by atoms with van der Waals surface area (Å²) in [4.78, 5) is 25.3.